The average molecular weight is 282 g/mol. The third-order valence-corrected chi connectivity index (χ3v) is 3.88. The van der Waals surface area contributed by atoms with Crippen LogP contribution in [0.15, 0.2) is 54.6 Å². The van der Waals surface area contributed by atoms with Gasteiger partial charge >= 0.3 is 0 Å². The van der Waals surface area contributed by atoms with E-state index in [0.717, 1.165) is 13.1 Å². The van der Waals surface area contributed by atoms with Crippen molar-refractivity contribution in [2.75, 3.05) is 13.6 Å². The molecule has 2 aromatic rings. The maximum absolute atomic E-state index is 5.79. The minimum atomic E-state index is 0.623. The highest BCUT2D eigenvalue weighted by molar-refractivity contribution is 5.26. The maximum atomic E-state index is 5.79. The largest absolute Gasteiger partial charge is 0.326 e. The van der Waals surface area contributed by atoms with Gasteiger partial charge in [0.05, 0.1) is 0 Å². The van der Waals surface area contributed by atoms with Crippen molar-refractivity contribution in [2.24, 2.45) is 5.73 Å². The van der Waals surface area contributed by atoms with E-state index in [1.54, 1.807) is 0 Å². The van der Waals surface area contributed by atoms with Crippen molar-refractivity contribution >= 4 is 0 Å². The summed E-state index contributed by atoms with van der Waals surface area (Å²) in [4.78, 5) is 2.39. The average Bonchev–Trinajstić information content (AvgIpc) is 2.53. The van der Waals surface area contributed by atoms with E-state index in [4.69, 9.17) is 5.73 Å². The SMILES string of the molecule is CN(CCCCc1ccccc1)Cc1ccccc1CN. The molecule has 0 saturated heterocycles. The second-order valence-electron chi connectivity index (χ2n) is 5.65. The smallest absolute Gasteiger partial charge is 0.0233 e. The molecule has 0 saturated carbocycles. The van der Waals surface area contributed by atoms with Gasteiger partial charge in [-0.2, -0.15) is 0 Å². The van der Waals surface area contributed by atoms with Gasteiger partial charge < -0.3 is 10.6 Å². The van der Waals surface area contributed by atoms with E-state index >= 15 is 0 Å². The summed E-state index contributed by atoms with van der Waals surface area (Å²) in [5, 5.41) is 0. The number of benzene rings is 2. The third kappa shape index (κ3) is 5.33. The molecule has 2 rings (SSSR count). The van der Waals surface area contributed by atoms with Gasteiger partial charge in [0.1, 0.15) is 0 Å². The van der Waals surface area contributed by atoms with Crippen molar-refractivity contribution in [1.82, 2.24) is 4.90 Å². The van der Waals surface area contributed by atoms with Crippen molar-refractivity contribution in [2.45, 2.75) is 32.4 Å². The summed E-state index contributed by atoms with van der Waals surface area (Å²) in [7, 11) is 2.19. The predicted molar refractivity (Wildman–Crippen MR) is 90.0 cm³/mol. The molecule has 0 aliphatic carbocycles. The van der Waals surface area contributed by atoms with Crippen molar-refractivity contribution in [3.63, 3.8) is 0 Å². The molecule has 0 bridgehead atoms. The Kier molecular flexibility index (Phi) is 6.45. The van der Waals surface area contributed by atoms with E-state index in [9.17, 15) is 0 Å². The molecule has 0 amide bonds. The van der Waals surface area contributed by atoms with Crippen LogP contribution in [0.25, 0.3) is 0 Å². The van der Waals surface area contributed by atoms with E-state index in [1.807, 2.05) is 0 Å². The van der Waals surface area contributed by atoms with Gasteiger partial charge in [-0.05, 0) is 49.5 Å². The monoisotopic (exact) mass is 282 g/mol. The Balaban J connectivity index is 1.71. The molecule has 21 heavy (non-hydrogen) atoms. The number of nitrogens with two attached hydrogens (primary N) is 1. The van der Waals surface area contributed by atoms with Crippen LogP contribution in [0.2, 0.25) is 0 Å². The van der Waals surface area contributed by atoms with Gasteiger partial charge in [-0.1, -0.05) is 54.6 Å². The number of rotatable bonds is 8. The molecule has 0 aliphatic rings. The first-order valence-electron chi connectivity index (χ1n) is 7.79. The zero-order chi connectivity index (χ0) is 14.9. The van der Waals surface area contributed by atoms with Gasteiger partial charge in [0.25, 0.3) is 0 Å². The zero-order valence-corrected chi connectivity index (χ0v) is 13.0. The molecule has 0 fully saturated rings. The molecule has 2 nitrogen and oxygen atoms in total. The van der Waals surface area contributed by atoms with Crippen LogP contribution < -0.4 is 5.73 Å². The lowest BCUT2D eigenvalue weighted by molar-refractivity contribution is 0.318. The first kappa shape index (κ1) is 15.7. The Morgan fingerprint density at radius 2 is 1.52 bits per heavy atom. The molecule has 0 spiro atoms. The second-order valence-corrected chi connectivity index (χ2v) is 5.65. The molecular weight excluding hydrogens is 256 g/mol. The highest BCUT2D eigenvalue weighted by atomic mass is 15.1. The third-order valence-electron chi connectivity index (χ3n) is 3.88. The summed E-state index contributed by atoms with van der Waals surface area (Å²) >= 11 is 0. The molecule has 2 heteroatoms. The maximum Gasteiger partial charge on any atom is 0.0233 e. The number of aryl methyl sites for hydroxylation is 1. The van der Waals surface area contributed by atoms with E-state index in [1.165, 1.54) is 36.0 Å². The Labute approximate surface area is 128 Å². The standard InChI is InChI=1S/C19H26N2/c1-21(16-19-13-6-5-12-18(19)15-20)14-8-7-11-17-9-3-2-4-10-17/h2-6,9-10,12-13H,7-8,11,14-16,20H2,1H3. The molecule has 0 aromatic heterocycles. The summed E-state index contributed by atoms with van der Waals surface area (Å²) in [6.07, 6.45) is 3.65. The van der Waals surface area contributed by atoms with Crippen LogP contribution in [0.4, 0.5) is 0 Å². The molecule has 2 aromatic carbocycles. The summed E-state index contributed by atoms with van der Waals surface area (Å²) < 4.78 is 0. The van der Waals surface area contributed by atoms with Crippen LogP contribution in [0.3, 0.4) is 0 Å². The molecule has 0 aliphatic heterocycles. The van der Waals surface area contributed by atoms with Gasteiger partial charge in [-0.3, -0.25) is 0 Å². The summed E-state index contributed by atoms with van der Waals surface area (Å²) in [6.45, 7) is 2.74. The number of nitrogens with zero attached hydrogens (tertiary/aromatic N) is 1. The molecule has 0 atom stereocenters. The first-order valence-corrected chi connectivity index (χ1v) is 7.79. The van der Waals surface area contributed by atoms with Gasteiger partial charge in [0, 0.05) is 13.1 Å². The highest BCUT2D eigenvalue weighted by Crippen LogP contribution is 2.11. The Morgan fingerprint density at radius 3 is 2.24 bits per heavy atom. The summed E-state index contributed by atoms with van der Waals surface area (Å²) in [5.74, 6) is 0. The summed E-state index contributed by atoms with van der Waals surface area (Å²) in [5.41, 5.74) is 9.84. The van der Waals surface area contributed by atoms with E-state index in [2.05, 4.69) is 66.5 Å². The fourth-order valence-electron chi connectivity index (χ4n) is 2.64. The van der Waals surface area contributed by atoms with Crippen LogP contribution in [0, 0.1) is 0 Å². The molecule has 0 radical (unpaired) electrons. The van der Waals surface area contributed by atoms with Crippen LogP contribution in [0.5, 0.6) is 0 Å². The van der Waals surface area contributed by atoms with Crippen molar-refractivity contribution in [1.29, 1.82) is 0 Å². The van der Waals surface area contributed by atoms with E-state index < -0.39 is 0 Å². The minimum absolute atomic E-state index is 0.623. The molecule has 112 valence electrons. The van der Waals surface area contributed by atoms with Gasteiger partial charge in [0.15, 0.2) is 0 Å². The van der Waals surface area contributed by atoms with Crippen molar-refractivity contribution < 1.29 is 0 Å². The lowest BCUT2D eigenvalue weighted by atomic mass is 10.1. The van der Waals surface area contributed by atoms with E-state index in [0.29, 0.717) is 6.54 Å². The lowest BCUT2D eigenvalue weighted by Crippen LogP contribution is -2.20. The fraction of sp³-hybridized carbons (Fsp3) is 0.368. The molecule has 2 N–H and O–H groups in total. The van der Waals surface area contributed by atoms with E-state index in [-0.39, 0.29) is 0 Å². The number of hydrogen-bond acceptors (Lipinski definition) is 2. The molecular formula is C19H26N2. The fourth-order valence-corrected chi connectivity index (χ4v) is 2.64. The molecule has 0 unspecified atom stereocenters. The molecule has 0 heterocycles. The van der Waals surface area contributed by atoms with Crippen molar-refractivity contribution in [3.05, 3.63) is 71.3 Å². The van der Waals surface area contributed by atoms with Crippen LogP contribution in [-0.2, 0) is 19.5 Å². The quantitative estimate of drug-likeness (QED) is 0.750. The summed E-state index contributed by atoms with van der Waals surface area (Å²) in [6, 6.07) is 19.2. The Bertz CT molecular complexity index is 522. The lowest BCUT2D eigenvalue weighted by Gasteiger charge is -2.18. The Hall–Kier alpha value is -1.64. The number of unbranched alkanes of at least 4 members (excludes halogenated alkanes) is 1. The van der Waals surface area contributed by atoms with Crippen LogP contribution >= 0.6 is 0 Å². The van der Waals surface area contributed by atoms with Crippen LogP contribution in [0.1, 0.15) is 29.5 Å². The Morgan fingerprint density at radius 1 is 0.857 bits per heavy atom. The first-order chi connectivity index (χ1) is 10.3. The number of hydrogen-bond donors (Lipinski definition) is 1. The van der Waals surface area contributed by atoms with Gasteiger partial charge in [0.2, 0.25) is 0 Å². The van der Waals surface area contributed by atoms with Gasteiger partial charge in [-0.15, -0.1) is 0 Å². The van der Waals surface area contributed by atoms with Crippen molar-refractivity contribution in [3.8, 4) is 0 Å². The highest BCUT2D eigenvalue weighted by Gasteiger charge is 2.04. The zero-order valence-electron chi connectivity index (χ0n) is 13.0. The normalized spacial score (nSPS) is 11.0. The topological polar surface area (TPSA) is 29.3 Å². The van der Waals surface area contributed by atoms with Crippen LogP contribution in [-0.4, -0.2) is 18.5 Å². The predicted octanol–water partition coefficient (Wildman–Crippen LogP) is 3.60. The van der Waals surface area contributed by atoms with Gasteiger partial charge in [-0.25, -0.2) is 0 Å². The second kappa shape index (κ2) is 8.60. The minimum Gasteiger partial charge on any atom is -0.326 e.